The molecule has 0 aliphatic carbocycles. The number of halogens is 1. The summed E-state index contributed by atoms with van der Waals surface area (Å²) in [6.45, 7) is 4.08. The minimum Gasteiger partial charge on any atom is -0.494 e. The van der Waals surface area contributed by atoms with Crippen LogP contribution in [0.3, 0.4) is 0 Å². The molecule has 0 bridgehead atoms. The fourth-order valence-corrected chi connectivity index (χ4v) is 2.05. The summed E-state index contributed by atoms with van der Waals surface area (Å²) in [4.78, 5) is 11.9. The van der Waals surface area contributed by atoms with Gasteiger partial charge in [-0.25, -0.2) is 4.39 Å². The van der Waals surface area contributed by atoms with Crippen molar-refractivity contribution in [3.05, 3.63) is 53.8 Å². The molecule has 122 valence electrons. The monoisotopic (exact) mass is 317 g/mol. The van der Waals surface area contributed by atoms with Gasteiger partial charge in [-0.15, -0.1) is 0 Å². The van der Waals surface area contributed by atoms with E-state index >= 15 is 0 Å². The molecule has 2 aromatic carbocycles. The number of hydrogen-bond acceptors (Lipinski definition) is 3. The van der Waals surface area contributed by atoms with Crippen LogP contribution in [0.5, 0.6) is 11.5 Å². The number of methoxy groups -OCH3 is 1. The molecule has 2 aromatic rings. The van der Waals surface area contributed by atoms with Crippen molar-refractivity contribution in [1.82, 2.24) is 0 Å². The van der Waals surface area contributed by atoms with Crippen molar-refractivity contribution in [3.8, 4) is 11.5 Å². The zero-order valence-corrected chi connectivity index (χ0v) is 13.4. The Kier molecular flexibility index (Phi) is 5.57. The molecule has 0 fully saturated rings. The second-order valence-electron chi connectivity index (χ2n) is 5.41. The highest BCUT2D eigenvalue weighted by molar-refractivity contribution is 5.93. The summed E-state index contributed by atoms with van der Waals surface area (Å²) in [6.07, 6.45) is 0. The van der Waals surface area contributed by atoms with Gasteiger partial charge in [0.2, 0.25) is 0 Å². The van der Waals surface area contributed by atoms with Gasteiger partial charge in [0, 0.05) is 6.07 Å². The van der Waals surface area contributed by atoms with Crippen LogP contribution in [-0.4, -0.2) is 19.6 Å². The van der Waals surface area contributed by atoms with Crippen molar-refractivity contribution >= 4 is 11.6 Å². The number of nitrogens with one attached hydrogen (secondary N) is 1. The van der Waals surface area contributed by atoms with Crippen molar-refractivity contribution in [2.75, 3.05) is 19.0 Å². The highest BCUT2D eigenvalue weighted by Crippen LogP contribution is 2.25. The van der Waals surface area contributed by atoms with Gasteiger partial charge in [-0.1, -0.05) is 26.0 Å². The van der Waals surface area contributed by atoms with Crippen LogP contribution in [0.2, 0.25) is 0 Å². The second-order valence-corrected chi connectivity index (χ2v) is 5.41. The molecule has 0 aliphatic rings. The van der Waals surface area contributed by atoms with Crippen LogP contribution in [0.15, 0.2) is 42.5 Å². The average Bonchev–Trinajstić information content (AvgIpc) is 2.55. The van der Waals surface area contributed by atoms with Crippen molar-refractivity contribution in [2.24, 2.45) is 0 Å². The molecule has 5 heteroatoms. The zero-order chi connectivity index (χ0) is 16.8. The summed E-state index contributed by atoms with van der Waals surface area (Å²) < 4.78 is 23.6. The van der Waals surface area contributed by atoms with Crippen molar-refractivity contribution < 1.29 is 18.7 Å². The largest absolute Gasteiger partial charge is 0.494 e. The minimum atomic E-state index is -0.429. The van der Waals surface area contributed by atoms with Gasteiger partial charge in [-0.2, -0.15) is 0 Å². The average molecular weight is 317 g/mol. The Labute approximate surface area is 135 Å². The maximum absolute atomic E-state index is 13.1. The maximum atomic E-state index is 13.1. The van der Waals surface area contributed by atoms with E-state index in [4.69, 9.17) is 9.47 Å². The third-order valence-electron chi connectivity index (χ3n) is 3.35. The molecule has 0 saturated heterocycles. The van der Waals surface area contributed by atoms with E-state index in [-0.39, 0.29) is 18.3 Å². The van der Waals surface area contributed by atoms with E-state index in [1.165, 1.54) is 30.9 Å². The smallest absolute Gasteiger partial charge is 0.262 e. The first-order valence-corrected chi connectivity index (χ1v) is 7.35. The Bertz CT molecular complexity index is 668. The van der Waals surface area contributed by atoms with E-state index in [0.29, 0.717) is 17.4 Å². The van der Waals surface area contributed by atoms with E-state index in [0.717, 1.165) is 0 Å². The van der Waals surface area contributed by atoms with E-state index < -0.39 is 5.82 Å². The molecule has 0 saturated carbocycles. The summed E-state index contributed by atoms with van der Waals surface area (Å²) in [5.74, 6) is 0.553. The number of amides is 1. The van der Waals surface area contributed by atoms with E-state index in [1.54, 1.807) is 0 Å². The lowest BCUT2D eigenvalue weighted by molar-refractivity contribution is -0.118. The number of anilines is 1. The Hall–Kier alpha value is -2.56. The molecule has 23 heavy (non-hydrogen) atoms. The first kappa shape index (κ1) is 16.8. The predicted octanol–water partition coefficient (Wildman–Crippen LogP) is 3.98. The third kappa shape index (κ3) is 4.71. The van der Waals surface area contributed by atoms with Crippen molar-refractivity contribution in [1.29, 1.82) is 0 Å². The van der Waals surface area contributed by atoms with E-state index in [1.807, 2.05) is 24.3 Å². The number of rotatable bonds is 6. The minimum absolute atomic E-state index is 0.137. The SMILES string of the molecule is COc1cc(F)ccc1NC(=O)COc1ccc(C(C)C)cc1. The molecule has 2 rings (SSSR count). The number of benzene rings is 2. The number of hydrogen-bond donors (Lipinski definition) is 1. The van der Waals surface area contributed by atoms with Crippen molar-refractivity contribution in [3.63, 3.8) is 0 Å². The molecule has 0 unspecified atom stereocenters. The molecular weight excluding hydrogens is 297 g/mol. The maximum Gasteiger partial charge on any atom is 0.262 e. The lowest BCUT2D eigenvalue weighted by Gasteiger charge is -2.11. The molecule has 1 N–H and O–H groups in total. The highest BCUT2D eigenvalue weighted by Gasteiger charge is 2.09. The first-order valence-electron chi connectivity index (χ1n) is 7.35. The van der Waals surface area contributed by atoms with Gasteiger partial charge in [0.1, 0.15) is 17.3 Å². The summed E-state index contributed by atoms with van der Waals surface area (Å²) >= 11 is 0. The summed E-state index contributed by atoms with van der Waals surface area (Å²) in [5, 5.41) is 2.63. The van der Waals surface area contributed by atoms with Crippen LogP contribution in [0.25, 0.3) is 0 Å². The van der Waals surface area contributed by atoms with Crippen molar-refractivity contribution in [2.45, 2.75) is 19.8 Å². The highest BCUT2D eigenvalue weighted by atomic mass is 19.1. The van der Waals surface area contributed by atoms with Gasteiger partial charge in [-0.05, 0) is 35.7 Å². The van der Waals surface area contributed by atoms with Crippen LogP contribution >= 0.6 is 0 Å². The predicted molar refractivity (Wildman–Crippen MR) is 87.6 cm³/mol. The van der Waals surface area contributed by atoms with Crippen LogP contribution in [0.1, 0.15) is 25.3 Å². The fraction of sp³-hybridized carbons (Fsp3) is 0.278. The zero-order valence-electron chi connectivity index (χ0n) is 13.4. The molecule has 0 heterocycles. The normalized spacial score (nSPS) is 10.5. The summed E-state index contributed by atoms with van der Waals surface area (Å²) in [5.41, 5.74) is 1.61. The third-order valence-corrected chi connectivity index (χ3v) is 3.35. The molecule has 0 atom stereocenters. The Morgan fingerprint density at radius 3 is 2.48 bits per heavy atom. The van der Waals surface area contributed by atoms with Crippen LogP contribution < -0.4 is 14.8 Å². The lowest BCUT2D eigenvalue weighted by Crippen LogP contribution is -2.20. The number of carbonyl (C=O) groups excluding carboxylic acids is 1. The Balaban J connectivity index is 1.92. The van der Waals surface area contributed by atoms with Gasteiger partial charge < -0.3 is 14.8 Å². The van der Waals surface area contributed by atoms with Crippen LogP contribution in [-0.2, 0) is 4.79 Å². The molecular formula is C18H20FNO3. The summed E-state index contributed by atoms with van der Waals surface area (Å²) in [6, 6.07) is 11.5. The van der Waals surface area contributed by atoms with Gasteiger partial charge in [0.25, 0.3) is 5.91 Å². The molecule has 1 amide bonds. The molecule has 4 nitrogen and oxygen atoms in total. The molecule has 0 spiro atoms. The second kappa shape index (κ2) is 7.63. The summed E-state index contributed by atoms with van der Waals surface area (Å²) in [7, 11) is 1.41. The molecule has 0 aliphatic heterocycles. The van der Waals surface area contributed by atoms with Gasteiger partial charge in [-0.3, -0.25) is 4.79 Å². The molecule has 0 radical (unpaired) electrons. The van der Waals surface area contributed by atoms with E-state index in [2.05, 4.69) is 19.2 Å². The van der Waals surface area contributed by atoms with Gasteiger partial charge in [0.15, 0.2) is 6.61 Å². The number of carbonyl (C=O) groups is 1. The van der Waals surface area contributed by atoms with Gasteiger partial charge >= 0.3 is 0 Å². The van der Waals surface area contributed by atoms with Crippen LogP contribution in [0.4, 0.5) is 10.1 Å². The topological polar surface area (TPSA) is 47.6 Å². The lowest BCUT2D eigenvalue weighted by atomic mass is 10.0. The quantitative estimate of drug-likeness (QED) is 0.877. The van der Waals surface area contributed by atoms with Crippen LogP contribution in [0, 0.1) is 5.82 Å². The van der Waals surface area contributed by atoms with E-state index in [9.17, 15) is 9.18 Å². The Morgan fingerprint density at radius 1 is 1.17 bits per heavy atom. The standard InChI is InChI=1S/C18H20FNO3/c1-12(2)13-4-7-15(8-5-13)23-11-18(21)20-16-9-6-14(19)10-17(16)22-3/h4-10,12H,11H2,1-3H3,(H,20,21). The Morgan fingerprint density at radius 2 is 1.87 bits per heavy atom. The molecule has 0 aromatic heterocycles. The van der Waals surface area contributed by atoms with Gasteiger partial charge in [0.05, 0.1) is 12.8 Å². The fourth-order valence-electron chi connectivity index (χ4n) is 2.05. The first-order chi connectivity index (χ1) is 11.0. The number of ether oxygens (including phenoxy) is 2.